The summed E-state index contributed by atoms with van der Waals surface area (Å²) in [5.41, 5.74) is 0.444. The number of aromatic nitrogens is 2. The molecule has 0 radical (unpaired) electrons. The van der Waals surface area contributed by atoms with E-state index in [2.05, 4.69) is 12.0 Å². The molecule has 0 saturated heterocycles. The van der Waals surface area contributed by atoms with Gasteiger partial charge < -0.3 is 4.74 Å². The van der Waals surface area contributed by atoms with Crippen molar-refractivity contribution in [3.8, 4) is 5.88 Å². The summed E-state index contributed by atoms with van der Waals surface area (Å²) in [6.07, 6.45) is 3.84. The number of hydrogen-bond donors (Lipinski definition) is 0. The second-order valence-electron chi connectivity index (χ2n) is 3.50. The second kappa shape index (κ2) is 3.29. The van der Waals surface area contributed by atoms with E-state index in [-0.39, 0.29) is 5.78 Å². The summed E-state index contributed by atoms with van der Waals surface area (Å²) in [6.45, 7) is 4.18. The van der Waals surface area contributed by atoms with Gasteiger partial charge in [0, 0.05) is 25.1 Å². The molecule has 0 spiro atoms. The number of nitrogens with zero attached hydrogens (tertiary/aromatic N) is 2. The van der Waals surface area contributed by atoms with E-state index in [0.717, 1.165) is 0 Å². The Morgan fingerprint density at radius 2 is 2.50 bits per heavy atom. The van der Waals surface area contributed by atoms with E-state index in [9.17, 15) is 4.79 Å². The summed E-state index contributed by atoms with van der Waals surface area (Å²) >= 11 is 0. The van der Waals surface area contributed by atoms with Crippen LogP contribution in [0.25, 0.3) is 6.20 Å². The molecule has 74 valence electrons. The van der Waals surface area contributed by atoms with Crippen LogP contribution in [0.3, 0.4) is 0 Å². The summed E-state index contributed by atoms with van der Waals surface area (Å²) in [5, 5.41) is 4.10. The van der Waals surface area contributed by atoms with E-state index in [4.69, 9.17) is 4.74 Å². The first kappa shape index (κ1) is 8.99. The number of Topliss-reactive ketones (excluding diaryl/α,β-unsaturated/α-hetero) is 1. The molecule has 1 aliphatic heterocycles. The highest BCUT2D eigenvalue weighted by Gasteiger charge is 2.13. The Morgan fingerprint density at radius 1 is 1.71 bits per heavy atom. The minimum absolute atomic E-state index is 0.0457. The summed E-state index contributed by atoms with van der Waals surface area (Å²) in [6, 6.07) is 1.67. The lowest BCUT2D eigenvalue weighted by atomic mass is 10.2. The first-order valence-corrected chi connectivity index (χ1v) is 4.58. The predicted molar refractivity (Wildman–Crippen MR) is 52.2 cm³/mol. The van der Waals surface area contributed by atoms with Gasteiger partial charge in [0.25, 0.3) is 0 Å². The van der Waals surface area contributed by atoms with Crippen molar-refractivity contribution < 1.29 is 9.53 Å². The van der Waals surface area contributed by atoms with Crippen molar-refractivity contribution in [2.75, 3.05) is 6.61 Å². The maximum atomic E-state index is 11.1. The molecule has 2 rings (SSSR count). The largest absolute Gasteiger partial charge is 0.477 e. The summed E-state index contributed by atoms with van der Waals surface area (Å²) < 4.78 is 7.07. The van der Waals surface area contributed by atoms with Crippen LogP contribution in [-0.4, -0.2) is 22.2 Å². The fourth-order valence-corrected chi connectivity index (χ4v) is 1.26. The molecule has 0 aromatic carbocycles. The smallest absolute Gasteiger partial charge is 0.216 e. The molecule has 14 heavy (non-hydrogen) atoms. The number of fused-ring (bicyclic) bond motifs is 1. The van der Waals surface area contributed by atoms with Gasteiger partial charge in [0.15, 0.2) is 5.78 Å². The van der Waals surface area contributed by atoms with Gasteiger partial charge in [0.2, 0.25) is 5.88 Å². The first-order chi connectivity index (χ1) is 6.66. The molecule has 2 heterocycles. The minimum Gasteiger partial charge on any atom is -0.477 e. The topological polar surface area (TPSA) is 44.1 Å². The lowest BCUT2D eigenvalue weighted by Gasteiger charge is -2.03. The van der Waals surface area contributed by atoms with Crippen LogP contribution in [0.1, 0.15) is 24.3 Å². The van der Waals surface area contributed by atoms with Gasteiger partial charge in [0.1, 0.15) is 5.69 Å². The predicted octanol–water partition coefficient (Wildman–Crippen LogP) is 1.58. The Kier molecular flexibility index (Phi) is 2.11. The van der Waals surface area contributed by atoms with Crippen LogP contribution >= 0.6 is 0 Å². The highest BCUT2D eigenvalue weighted by Crippen LogP contribution is 2.18. The zero-order valence-electron chi connectivity index (χ0n) is 8.23. The van der Waals surface area contributed by atoms with Gasteiger partial charge in [-0.15, -0.1) is 0 Å². The standard InChI is InChI=1S/C10H12N2O2/c1-7-3-4-12-10(14-6-7)5-9(11-12)8(2)13/h3-5,7H,6H2,1-2H3. The van der Waals surface area contributed by atoms with Crippen molar-refractivity contribution in [3.05, 3.63) is 17.8 Å². The molecule has 1 aliphatic rings. The Labute approximate surface area is 82.2 Å². The fourth-order valence-electron chi connectivity index (χ4n) is 1.26. The van der Waals surface area contributed by atoms with E-state index in [1.807, 2.05) is 12.3 Å². The van der Waals surface area contributed by atoms with Crippen LogP contribution in [0.5, 0.6) is 5.88 Å². The number of carbonyl (C=O) groups is 1. The molecule has 1 aromatic heterocycles. The molecule has 0 amide bonds. The van der Waals surface area contributed by atoms with Gasteiger partial charge in [-0.3, -0.25) is 4.79 Å². The summed E-state index contributed by atoms with van der Waals surface area (Å²) in [5.74, 6) is 0.962. The highest BCUT2D eigenvalue weighted by atomic mass is 16.5. The third-order valence-electron chi connectivity index (χ3n) is 2.11. The highest BCUT2D eigenvalue weighted by molar-refractivity contribution is 5.92. The molecular weight excluding hydrogens is 180 g/mol. The molecule has 1 atom stereocenters. The van der Waals surface area contributed by atoms with Crippen molar-refractivity contribution in [3.63, 3.8) is 0 Å². The van der Waals surface area contributed by atoms with Gasteiger partial charge in [-0.05, 0) is 0 Å². The van der Waals surface area contributed by atoms with Gasteiger partial charge in [-0.2, -0.15) is 5.10 Å². The minimum atomic E-state index is -0.0457. The van der Waals surface area contributed by atoms with Crippen molar-refractivity contribution in [2.45, 2.75) is 13.8 Å². The molecule has 4 nitrogen and oxygen atoms in total. The lowest BCUT2D eigenvalue weighted by Crippen LogP contribution is -2.04. The van der Waals surface area contributed by atoms with Crippen LogP contribution in [0.2, 0.25) is 0 Å². The molecule has 0 aliphatic carbocycles. The number of rotatable bonds is 1. The maximum Gasteiger partial charge on any atom is 0.216 e. The van der Waals surface area contributed by atoms with Crippen LogP contribution < -0.4 is 4.74 Å². The Balaban J connectivity index is 2.37. The molecule has 0 fully saturated rings. The zero-order valence-corrected chi connectivity index (χ0v) is 8.23. The molecule has 0 N–H and O–H groups in total. The normalized spacial score (nSPS) is 19.7. The van der Waals surface area contributed by atoms with Crippen LogP contribution in [0.4, 0.5) is 0 Å². The van der Waals surface area contributed by atoms with Crippen molar-refractivity contribution in [2.24, 2.45) is 5.92 Å². The van der Waals surface area contributed by atoms with E-state index in [0.29, 0.717) is 24.1 Å². The van der Waals surface area contributed by atoms with Crippen LogP contribution in [0.15, 0.2) is 12.1 Å². The van der Waals surface area contributed by atoms with E-state index in [1.54, 1.807) is 10.7 Å². The average molecular weight is 192 g/mol. The number of hydrogen-bond acceptors (Lipinski definition) is 3. The third-order valence-corrected chi connectivity index (χ3v) is 2.11. The average Bonchev–Trinajstić information content (AvgIpc) is 2.48. The fraction of sp³-hybridized carbons (Fsp3) is 0.400. The Morgan fingerprint density at radius 3 is 3.21 bits per heavy atom. The van der Waals surface area contributed by atoms with Crippen molar-refractivity contribution in [1.82, 2.24) is 9.78 Å². The summed E-state index contributed by atoms with van der Waals surface area (Å²) in [7, 11) is 0. The van der Waals surface area contributed by atoms with Crippen LogP contribution in [-0.2, 0) is 0 Å². The van der Waals surface area contributed by atoms with Gasteiger partial charge in [0.05, 0.1) is 6.61 Å². The zero-order chi connectivity index (χ0) is 10.1. The molecule has 0 saturated carbocycles. The maximum absolute atomic E-state index is 11.1. The van der Waals surface area contributed by atoms with Crippen molar-refractivity contribution >= 4 is 12.0 Å². The molecule has 0 bridgehead atoms. The SMILES string of the molecule is CC(=O)c1cc2n(n1)C=CC(C)CO2. The quantitative estimate of drug-likeness (QED) is 0.634. The number of ketones is 1. The van der Waals surface area contributed by atoms with E-state index >= 15 is 0 Å². The van der Waals surface area contributed by atoms with Crippen LogP contribution in [0, 0.1) is 5.92 Å². The second-order valence-corrected chi connectivity index (χ2v) is 3.50. The van der Waals surface area contributed by atoms with E-state index in [1.165, 1.54) is 6.92 Å². The molecule has 4 heteroatoms. The van der Waals surface area contributed by atoms with Gasteiger partial charge in [-0.1, -0.05) is 13.0 Å². The van der Waals surface area contributed by atoms with Crippen molar-refractivity contribution in [1.29, 1.82) is 0 Å². The lowest BCUT2D eigenvalue weighted by molar-refractivity contribution is 0.101. The molecule has 1 aromatic rings. The first-order valence-electron chi connectivity index (χ1n) is 4.58. The number of ether oxygens (including phenoxy) is 1. The van der Waals surface area contributed by atoms with E-state index < -0.39 is 0 Å². The third kappa shape index (κ3) is 1.55. The molecular formula is C10H12N2O2. The molecule has 1 unspecified atom stereocenters. The Hall–Kier alpha value is -1.58. The van der Waals surface area contributed by atoms with Gasteiger partial charge in [-0.25, -0.2) is 4.68 Å². The van der Waals surface area contributed by atoms with Gasteiger partial charge >= 0.3 is 0 Å². The Bertz CT molecular complexity index is 393. The summed E-state index contributed by atoms with van der Waals surface area (Å²) in [4.78, 5) is 11.1. The monoisotopic (exact) mass is 192 g/mol. The number of carbonyl (C=O) groups excluding carboxylic acids is 1.